The number of rotatable bonds is 1. The summed E-state index contributed by atoms with van der Waals surface area (Å²) < 4.78 is 0. The topological polar surface area (TPSA) is 50.3 Å². The van der Waals surface area contributed by atoms with Gasteiger partial charge in [0, 0.05) is 5.69 Å². The summed E-state index contributed by atoms with van der Waals surface area (Å²) >= 11 is 24.0. The van der Waals surface area contributed by atoms with Gasteiger partial charge >= 0.3 is 0 Å². The third-order valence-corrected chi connectivity index (χ3v) is 5.01. The van der Waals surface area contributed by atoms with Crippen molar-refractivity contribution in [2.75, 3.05) is 4.90 Å². The van der Waals surface area contributed by atoms with Gasteiger partial charge in [0.15, 0.2) is 0 Å². The number of carbonyl (C=O) groups is 2. The number of amides is 2. The lowest BCUT2D eigenvalue weighted by atomic mass is 10.1. The molecular formula is C14H6Cl4N2O2. The molecule has 0 fully saturated rings. The fourth-order valence-electron chi connectivity index (χ4n) is 2.21. The molecule has 112 valence electrons. The van der Waals surface area contributed by atoms with Crippen molar-refractivity contribution >= 4 is 64.0 Å². The molecule has 0 aliphatic carbocycles. The Morgan fingerprint density at radius 2 is 1.36 bits per heavy atom. The number of halogens is 4. The highest BCUT2D eigenvalue weighted by molar-refractivity contribution is 6.56. The van der Waals surface area contributed by atoms with Crippen LogP contribution in [0.2, 0.25) is 20.1 Å². The van der Waals surface area contributed by atoms with Crippen LogP contribution < -0.4 is 4.90 Å². The lowest BCUT2D eigenvalue weighted by Gasteiger charge is -2.12. The summed E-state index contributed by atoms with van der Waals surface area (Å²) in [6, 6.07) is 4.97. The average Bonchev–Trinajstić information content (AvgIpc) is 2.74. The summed E-state index contributed by atoms with van der Waals surface area (Å²) in [6.07, 6.45) is 0. The van der Waals surface area contributed by atoms with Gasteiger partial charge < -0.3 is 0 Å². The van der Waals surface area contributed by atoms with Gasteiger partial charge in [0.2, 0.25) is 0 Å². The van der Waals surface area contributed by atoms with Gasteiger partial charge in [0.1, 0.15) is 5.82 Å². The van der Waals surface area contributed by atoms with E-state index >= 15 is 0 Å². The summed E-state index contributed by atoms with van der Waals surface area (Å²) in [6.45, 7) is 1.75. The molecule has 0 spiro atoms. The third-order valence-electron chi connectivity index (χ3n) is 3.20. The van der Waals surface area contributed by atoms with Gasteiger partial charge in [-0.2, -0.15) is 0 Å². The van der Waals surface area contributed by atoms with Crippen LogP contribution >= 0.6 is 46.4 Å². The third kappa shape index (κ3) is 2.10. The standard InChI is InChI=1S/C14H6Cl4N2O2/c1-5-3-2-4-6(19-5)20-13(21)7-8(14(20)22)10(16)12(18)11(17)9(7)15/h2-4H,1H3. The van der Waals surface area contributed by atoms with Gasteiger partial charge in [-0.05, 0) is 19.1 Å². The smallest absolute Gasteiger partial charge is 0.268 e. The van der Waals surface area contributed by atoms with E-state index < -0.39 is 11.8 Å². The number of fused-ring (bicyclic) bond motifs is 1. The molecule has 0 N–H and O–H groups in total. The maximum atomic E-state index is 12.6. The molecular weight excluding hydrogens is 370 g/mol. The zero-order chi connectivity index (χ0) is 16.2. The van der Waals surface area contributed by atoms with Gasteiger partial charge in [-0.25, -0.2) is 9.88 Å². The molecule has 2 aromatic rings. The maximum absolute atomic E-state index is 12.6. The van der Waals surface area contributed by atoms with Crippen LogP contribution in [0.15, 0.2) is 18.2 Å². The number of imide groups is 1. The maximum Gasteiger partial charge on any atom is 0.269 e. The Labute approximate surface area is 145 Å². The predicted molar refractivity (Wildman–Crippen MR) is 86.6 cm³/mol. The van der Waals surface area contributed by atoms with E-state index in [1.165, 1.54) is 0 Å². The zero-order valence-electron chi connectivity index (χ0n) is 11.0. The first-order valence-electron chi connectivity index (χ1n) is 6.03. The van der Waals surface area contributed by atoms with Gasteiger partial charge in [-0.3, -0.25) is 9.59 Å². The average molecular weight is 376 g/mol. The molecule has 2 heterocycles. The first-order valence-corrected chi connectivity index (χ1v) is 7.54. The molecule has 2 amide bonds. The lowest BCUT2D eigenvalue weighted by Crippen LogP contribution is -2.30. The Morgan fingerprint density at radius 1 is 0.864 bits per heavy atom. The molecule has 0 saturated heterocycles. The Balaban J connectivity index is 2.26. The van der Waals surface area contributed by atoms with Crippen molar-refractivity contribution in [1.29, 1.82) is 0 Å². The van der Waals surface area contributed by atoms with Crippen molar-refractivity contribution in [3.8, 4) is 0 Å². The molecule has 1 aliphatic rings. The molecule has 0 saturated carbocycles. The van der Waals surface area contributed by atoms with Crippen LogP contribution in [0, 0.1) is 6.92 Å². The Hall–Kier alpha value is -1.33. The molecule has 22 heavy (non-hydrogen) atoms. The van der Waals surface area contributed by atoms with Gasteiger partial charge in [-0.15, -0.1) is 0 Å². The van der Waals surface area contributed by atoms with Crippen molar-refractivity contribution in [1.82, 2.24) is 4.98 Å². The molecule has 1 aromatic heterocycles. The minimum atomic E-state index is -0.636. The van der Waals surface area contributed by atoms with Crippen molar-refractivity contribution in [2.24, 2.45) is 0 Å². The molecule has 3 rings (SSSR count). The largest absolute Gasteiger partial charge is 0.269 e. The van der Waals surface area contributed by atoms with E-state index in [0.717, 1.165) is 4.90 Å². The fraction of sp³-hybridized carbons (Fsp3) is 0.0714. The van der Waals surface area contributed by atoms with Crippen LogP contribution in [0.1, 0.15) is 26.4 Å². The van der Waals surface area contributed by atoms with Crippen LogP contribution in [0.4, 0.5) is 5.82 Å². The quantitative estimate of drug-likeness (QED) is 0.408. The van der Waals surface area contributed by atoms with Crippen LogP contribution in [-0.2, 0) is 0 Å². The van der Waals surface area contributed by atoms with E-state index in [2.05, 4.69) is 4.98 Å². The van der Waals surface area contributed by atoms with Gasteiger partial charge in [-0.1, -0.05) is 52.5 Å². The summed E-state index contributed by atoms with van der Waals surface area (Å²) in [5, 5.41) is -0.321. The monoisotopic (exact) mass is 374 g/mol. The second-order valence-corrected chi connectivity index (χ2v) is 6.10. The van der Waals surface area contributed by atoms with E-state index in [-0.39, 0.29) is 37.0 Å². The number of aryl methyl sites for hydroxylation is 1. The predicted octanol–water partition coefficient (Wildman–Crippen LogP) is 4.80. The highest BCUT2D eigenvalue weighted by Gasteiger charge is 2.42. The highest BCUT2D eigenvalue weighted by atomic mass is 35.5. The van der Waals surface area contributed by atoms with Crippen molar-refractivity contribution in [3.05, 3.63) is 55.1 Å². The first-order chi connectivity index (χ1) is 10.3. The number of benzene rings is 1. The minimum absolute atomic E-state index is 0.0608. The van der Waals surface area contributed by atoms with E-state index in [9.17, 15) is 9.59 Å². The summed E-state index contributed by atoms with van der Waals surface area (Å²) in [5.74, 6) is -1.09. The second-order valence-electron chi connectivity index (χ2n) is 4.59. The minimum Gasteiger partial charge on any atom is -0.268 e. The van der Waals surface area contributed by atoms with E-state index in [4.69, 9.17) is 46.4 Å². The van der Waals surface area contributed by atoms with E-state index in [0.29, 0.717) is 5.69 Å². The number of anilines is 1. The SMILES string of the molecule is Cc1cccc(N2C(=O)c3c(Cl)c(Cl)c(Cl)c(Cl)c3C2=O)n1. The van der Waals surface area contributed by atoms with E-state index in [1.54, 1.807) is 25.1 Å². The molecule has 1 aliphatic heterocycles. The Morgan fingerprint density at radius 3 is 1.82 bits per heavy atom. The van der Waals surface area contributed by atoms with Crippen molar-refractivity contribution < 1.29 is 9.59 Å². The second kappa shape index (κ2) is 5.39. The molecule has 0 atom stereocenters. The molecule has 0 unspecified atom stereocenters. The lowest BCUT2D eigenvalue weighted by molar-refractivity contribution is 0.0925. The van der Waals surface area contributed by atoms with Crippen molar-refractivity contribution in [2.45, 2.75) is 6.92 Å². The van der Waals surface area contributed by atoms with Crippen LogP contribution in [-0.4, -0.2) is 16.8 Å². The molecule has 0 bridgehead atoms. The number of hydrogen-bond donors (Lipinski definition) is 0. The number of carbonyl (C=O) groups excluding carboxylic acids is 2. The molecule has 8 heteroatoms. The number of nitrogens with zero attached hydrogens (tertiary/aromatic N) is 2. The normalized spacial score (nSPS) is 13.8. The van der Waals surface area contributed by atoms with Crippen LogP contribution in [0.5, 0.6) is 0 Å². The fourth-order valence-corrected chi connectivity index (χ4v) is 3.22. The van der Waals surface area contributed by atoms with Gasteiger partial charge in [0.25, 0.3) is 11.8 Å². The molecule has 1 aromatic carbocycles. The number of pyridine rings is 1. The zero-order valence-corrected chi connectivity index (χ0v) is 14.0. The summed E-state index contributed by atoms with van der Waals surface area (Å²) in [5.41, 5.74) is 0.533. The number of hydrogen-bond acceptors (Lipinski definition) is 3. The summed E-state index contributed by atoms with van der Waals surface area (Å²) in [7, 11) is 0. The number of aromatic nitrogens is 1. The van der Waals surface area contributed by atoms with Crippen LogP contribution in [0.3, 0.4) is 0 Å². The first kappa shape index (κ1) is 15.6. The molecule has 4 nitrogen and oxygen atoms in total. The summed E-state index contributed by atoms with van der Waals surface area (Å²) in [4.78, 5) is 30.2. The van der Waals surface area contributed by atoms with E-state index in [1.807, 2.05) is 0 Å². The molecule has 0 radical (unpaired) electrons. The Kier molecular flexibility index (Phi) is 3.81. The Bertz CT molecular complexity index is 804. The van der Waals surface area contributed by atoms with Crippen LogP contribution in [0.25, 0.3) is 0 Å². The van der Waals surface area contributed by atoms with Crippen molar-refractivity contribution in [3.63, 3.8) is 0 Å². The van der Waals surface area contributed by atoms with Gasteiger partial charge in [0.05, 0.1) is 31.2 Å². The highest BCUT2D eigenvalue weighted by Crippen LogP contribution is 2.45.